The van der Waals surface area contributed by atoms with Crippen LogP contribution in [0.15, 0.2) is 59.6 Å². The molecule has 0 spiro atoms. The molecule has 1 aliphatic rings. The zero-order valence-electron chi connectivity index (χ0n) is 17.2. The predicted octanol–water partition coefficient (Wildman–Crippen LogP) is 3.33. The van der Waals surface area contributed by atoms with E-state index in [-0.39, 0.29) is 23.7 Å². The van der Waals surface area contributed by atoms with Crippen LogP contribution in [0.2, 0.25) is 0 Å². The van der Waals surface area contributed by atoms with Gasteiger partial charge in [0.05, 0.1) is 24.9 Å². The number of nitrogens with one attached hydrogen (secondary N) is 1. The first-order valence-corrected chi connectivity index (χ1v) is 9.85. The summed E-state index contributed by atoms with van der Waals surface area (Å²) in [4.78, 5) is 31.1. The topological polar surface area (TPSA) is 87.8 Å². The number of guanidine groups is 1. The third-order valence-electron chi connectivity index (χ3n) is 5.46. The van der Waals surface area contributed by atoms with Crippen LogP contribution < -0.4 is 11.1 Å². The van der Waals surface area contributed by atoms with Crippen molar-refractivity contribution >= 4 is 23.5 Å². The van der Waals surface area contributed by atoms with E-state index >= 15 is 0 Å². The summed E-state index contributed by atoms with van der Waals surface area (Å²) in [5.74, 6) is 0.342. The number of nitrogens with zero attached hydrogens (tertiary/aromatic N) is 2. The zero-order chi connectivity index (χ0) is 21.0. The Bertz CT molecular complexity index is 923. The van der Waals surface area contributed by atoms with E-state index in [2.05, 4.69) is 10.3 Å². The third kappa shape index (κ3) is 5.02. The number of anilines is 1. The molecule has 6 heteroatoms. The molecule has 3 rings (SSSR count). The van der Waals surface area contributed by atoms with Crippen LogP contribution in [-0.4, -0.2) is 28.2 Å². The Hall–Kier alpha value is -3.15. The van der Waals surface area contributed by atoms with Crippen LogP contribution in [0.1, 0.15) is 38.3 Å². The molecule has 0 unspecified atom stereocenters. The van der Waals surface area contributed by atoms with Gasteiger partial charge in [0.1, 0.15) is 0 Å². The quantitative estimate of drug-likeness (QED) is 0.790. The second kappa shape index (κ2) is 8.47. The zero-order valence-corrected chi connectivity index (χ0v) is 17.2. The molecule has 0 fully saturated rings. The van der Waals surface area contributed by atoms with E-state index < -0.39 is 5.54 Å². The number of rotatable bonds is 6. The van der Waals surface area contributed by atoms with Crippen LogP contribution in [-0.2, 0) is 22.6 Å². The van der Waals surface area contributed by atoms with Crippen molar-refractivity contribution in [2.45, 2.75) is 45.7 Å². The van der Waals surface area contributed by atoms with Gasteiger partial charge in [0.15, 0.2) is 5.96 Å². The van der Waals surface area contributed by atoms with Crippen LogP contribution in [0.25, 0.3) is 0 Å². The largest absolute Gasteiger partial charge is 0.369 e. The fourth-order valence-electron chi connectivity index (χ4n) is 3.31. The van der Waals surface area contributed by atoms with Crippen molar-refractivity contribution in [3.8, 4) is 0 Å². The summed E-state index contributed by atoms with van der Waals surface area (Å²) in [6, 6.07) is 17.0. The summed E-state index contributed by atoms with van der Waals surface area (Å²) in [5.41, 5.74) is 8.18. The lowest BCUT2D eigenvalue weighted by Gasteiger charge is -2.37. The number of benzene rings is 2. The average Bonchev–Trinajstić information content (AvgIpc) is 2.65. The number of nitrogens with two attached hydrogens (primary N) is 1. The first-order chi connectivity index (χ1) is 13.8. The summed E-state index contributed by atoms with van der Waals surface area (Å²) in [6.07, 6.45) is 0.641. The van der Waals surface area contributed by atoms with E-state index in [9.17, 15) is 9.59 Å². The Morgan fingerprint density at radius 3 is 2.52 bits per heavy atom. The Balaban J connectivity index is 1.68. The predicted molar refractivity (Wildman–Crippen MR) is 115 cm³/mol. The van der Waals surface area contributed by atoms with Gasteiger partial charge in [0, 0.05) is 5.69 Å². The van der Waals surface area contributed by atoms with Gasteiger partial charge in [-0.1, -0.05) is 56.3 Å². The van der Waals surface area contributed by atoms with Gasteiger partial charge in [-0.2, -0.15) is 0 Å². The Morgan fingerprint density at radius 2 is 1.86 bits per heavy atom. The molecule has 2 aromatic carbocycles. The van der Waals surface area contributed by atoms with E-state index in [0.717, 1.165) is 11.1 Å². The molecular weight excluding hydrogens is 364 g/mol. The van der Waals surface area contributed by atoms with Crippen LogP contribution in [0.5, 0.6) is 0 Å². The summed E-state index contributed by atoms with van der Waals surface area (Å²) < 4.78 is 0. The van der Waals surface area contributed by atoms with E-state index in [1.807, 2.05) is 75.4 Å². The molecule has 1 aliphatic heterocycles. The smallest absolute Gasteiger partial charge is 0.232 e. The second-order valence-electron chi connectivity index (χ2n) is 8.05. The highest BCUT2D eigenvalue weighted by Crippen LogP contribution is 2.30. The van der Waals surface area contributed by atoms with Crippen molar-refractivity contribution in [1.29, 1.82) is 0 Å². The van der Waals surface area contributed by atoms with Crippen molar-refractivity contribution in [3.63, 3.8) is 0 Å². The Kier molecular flexibility index (Phi) is 6.01. The first-order valence-electron chi connectivity index (χ1n) is 9.85. The lowest BCUT2D eigenvalue weighted by molar-refractivity contribution is -0.130. The van der Waals surface area contributed by atoms with Crippen molar-refractivity contribution < 1.29 is 9.59 Å². The lowest BCUT2D eigenvalue weighted by atomic mass is 9.84. The molecule has 29 heavy (non-hydrogen) atoms. The number of hydrogen-bond acceptors (Lipinski definition) is 4. The van der Waals surface area contributed by atoms with Gasteiger partial charge < -0.3 is 11.1 Å². The minimum absolute atomic E-state index is 0.0350. The fourth-order valence-corrected chi connectivity index (χ4v) is 3.31. The second-order valence-corrected chi connectivity index (χ2v) is 8.05. The highest BCUT2D eigenvalue weighted by atomic mass is 16.2. The first kappa shape index (κ1) is 20.6. The Morgan fingerprint density at radius 1 is 1.17 bits per heavy atom. The molecule has 0 saturated heterocycles. The minimum Gasteiger partial charge on any atom is -0.369 e. The van der Waals surface area contributed by atoms with Crippen LogP contribution in [0.4, 0.5) is 5.69 Å². The molecule has 2 aromatic rings. The van der Waals surface area contributed by atoms with Gasteiger partial charge in [-0.25, -0.2) is 4.99 Å². The highest BCUT2D eigenvalue weighted by molar-refractivity contribution is 5.99. The molecule has 2 amide bonds. The average molecular weight is 393 g/mol. The van der Waals surface area contributed by atoms with E-state index in [1.165, 1.54) is 4.90 Å². The Labute approximate surface area is 171 Å². The van der Waals surface area contributed by atoms with Gasteiger partial charge in [-0.05, 0) is 36.1 Å². The van der Waals surface area contributed by atoms with Crippen molar-refractivity contribution in [3.05, 3.63) is 65.7 Å². The van der Waals surface area contributed by atoms with E-state index in [1.54, 1.807) is 0 Å². The monoisotopic (exact) mass is 392 g/mol. The maximum atomic E-state index is 12.7. The summed E-state index contributed by atoms with van der Waals surface area (Å²) in [7, 11) is 0. The fraction of sp³-hybridized carbons (Fsp3) is 0.348. The molecule has 152 valence electrons. The molecule has 1 atom stereocenters. The molecule has 0 aliphatic carbocycles. The minimum atomic E-state index is -0.467. The standard InChI is InChI=1S/C23H28N4O2/c1-16(2)23(3)14-21(29)27(22(24)26-23)15-18-10-7-11-19(12-18)25-20(28)13-17-8-5-4-6-9-17/h4-12,16H,13-15H2,1-3H3,(H2,24,26)(H,25,28)/t23-/m0/s1. The van der Waals surface area contributed by atoms with Crippen LogP contribution in [0.3, 0.4) is 0 Å². The molecule has 0 aromatic heterocycles. The highest BCUT2D eigenvalue weighted by Gasteiger charge is 2.38. The molecule has 0 radical (unpaired) electrons. The van der Waals surface area contributed by atoms with Gasteiger partial charge >= 0.3 is 0 Å². The van der Waals surface area contributed by atoms with E-state index in [4.69, 9.17) is 5.73 Å². The lowest BCUT2D eigenvalue weighted by Crippen LogP contribution is -2.51. The van der Waals surface area contributed by atoms with Gasteiger partial charge in [0.2, 0.25) is 11.8 Å². The van der Waals surface area contributed by atoms with Crippen molar-refractivity contribution in [2.75, 3.05) is 5.32 Å². The maximum absolute atomic E-state index is 12.7. The van der Waals surface area contributed by atoms with Crippen molar-refractivity contribution in [1.82, 2.24) is 4.90 Å². The third-order valence-corrected chi connectivity index (χ3v) is 5.46. The molecule has 6 nitrogen and oxygen atoms in total. The van der Waals surface area contributed by atoms with Gasteiger partial charge in [0.25, 0.3) is 0 Å². The van der Waals surface area contributed by atoms with Gasteiger partial charge in [-0.3, -0.25) is 14.5 Å². The van der Waals surface area contributed by atoms with Crippen molar-refractivity contribution in [2.24, 2.45) is 16.6 Å². The summed E-state index contributed by atoms with van der Waals surface area (Å²) in [5, 5.41) is 2.91. The van der Waals surface area contributed by atoms with E-state index in [0.29, 0.717) is 25.1 Å². The molecule has 0 saturated carbocycles. The summed E-state index contributed by atoms with van der Waals surface area (Å²) >= 11 is 0. The number of carbonyl (C=O) groups is 2. The van der Waals surface area contributed by atoms with Crippen LogP contribution >= 0.6 is 0 Å². The number of amides is 2. The number of hydrogen-bond donors (Lipinski definition) is 2. The number of aliphatic imine (C=N–C) groups is 1. The normalized spacial score (nSPS) is 19.2. The summed E-state index contributed by atoms with van der Waals surface area (Å²) in [6.45, 7) is 6.37. The SMILES string of the molecule is CC(C)[C@]1(C)CC(=O)N(Cc2cccc(NC(=O)Cc3ccccc3)c2)C(N)=N1. The molecule has 0 bridgehead atoms. The molecule has 1 heterocycles. The number of carbonyl (C=O) groups excluding carboxylic acids is 2. The molecular formula is C23H28N4O2. The van der Waals surface area contributed by atoms with Crippen LogP contribution in [0, 0.1) is 5.92 Å². The van der Waals surface area contributed by atoms with Gasteiger partial charge in [-0.15, -0.1) is 0 Å². The molecule has 3 N–H and O–H groups in total. The maximum Gasteiger partial charge on any atom is 0.232 e.